The molecule has 0 spiro atoms. The van der Waals surface area contributed by atoms with Gasteiger partial charge in [-0.25, -0.2) is 0 Å². The van der Waals surface area contributed by atoms with Crippen molar-refractivity contribution in [2.45, 2.75) is 33.5 Å². The highest BCUT2D eigenvalue weighted by Gasteiger charge is 2.23. The first-order chi connectivity index (χ1) is 9.24. The summed E-state index contributed by atoms with van der Waals surface area (Å²) in [6.45, 7) is 7.12. The minimum absolute atomic E-state index is 0.199. The second-order valence-electron chi connectivity index (χ2n) is 3.95. The average Bonchev–Trinajstić information content (AvgIpc) is 2.44. The molecule has 0 aliphatic carbocycles. The molecule has 0 unspecified atom stereocenters. The van der Waals surface area contributed by atoms with E-state index in [1.165, 1.54) is 0 Å². The van der Waals surface area contributed by atoms with Gasteiger partial charge in [-0.1, -0.05) is 19.1 Å². The Balaban J connectivity index is 2.89. The lowest BCUT2D eigenvalue weighted by Crippen LogP contribution is -2.28. The molecule has 4 heteroatoms. The van der Waals surface area contributed by atoms with Crippen LogP contribution in [-0.4, -0.2) is 31.9 Å². The molecule has 1 rings (SSSR count). The van der Waals surface area contributed by atoms with Crippen molar-refractivity contribution in [1.82, 2.24) is 0 Å². The first-order valence-electron chi connectivity index (χ1n) is 6.73. The zero-order valence-corrected chi connectivity index (χ0v) is 11.8. The number of hydrogen-bond acceptors (Lipinski definition) is 4. The summed E-state index contributed by atoms with van der Waals surface area (Å²) in [7, 11) is 0. The molecule has 0 N–H and O–H groups in total. The van der Waals surface area contributed by atoms with Crippen LogP contribution in [0.1, 0.15) is 37.6 Å². The molecule has 0 amide bonds. The van der Waals surface area contributed by atoms with E-state index in [2.05, 4.69) is 0 Å². The Morgan fingerprint density at radius 2 is 1.74 bits per heavy atom. The van der Waals surface area contributed by atoms with E-state index in [0.717, 1.165) is 6.42 Å². The van der Waals surface area contributed by atoms with Crippen LogP contribution in [0.4, 0.5) is 0 Å². The maximum Gasteiger partial charge on any atom is 0.222 e. The molecule has 0 aromatic heterocycles. The molecule has 1 aromatic rings. The van der Waals surface area contributed by atoms with E-state index < -0.39 is 6.29 Å². The van der Waals surface area contributed by atoms with Crippen molar-refractivity contribution >= 4 is 5.78 Å². The van der Waals surface area contributed by atoms with Gasteiger partial charge in [0.25, 0.3) is 0 Å². The molecule has 0 aliphatic heterocycles. The monoisotopic (exact) mass is 266 g/mol. The van der Waals surface area contributed by atoms with Gasteiger partial charge >= 0.3 is 0 Å². The minimum Gasteiger partial charge on any atom is -0.493 e. The van der Waals surface area contributed by atoms with Crippen molar-refractivity contribution in [2.75, 3.05) is 19.8 Å². The molecule has 0 radical (unpaired) electrons. The highest BCUT2D eigenvalue weighted by Crippen LogP contribution is 2.21. The summed E-state index contributed by atoms with van der Waals surface area (Å²) in [5, 5.41) is 0. The van der Waals surface area contributed by atoms with E-state index >= 15 is 0 Å². The van der Waals surface area contributed by atoms with Crippen LogP contribution in [0.25, 0.3) is 0 Å². The number of rotatable bonds is 9. The SMILES string of the molecule is CCCOc1ccccc1C(=O)C(OCC)OCC. The van der Waals surface area contributed by atoms with Crippen LogP contribution < -0.4 is 4.74 Å². The van der Waals surface area contributed by atoms with Gasteiger partial charge in [-0.15, -0.1) is 0 Å². The third kappa shape index (κ3) is 4.65. The van der Waals surface area contributed by atoms with E-state index in [0.29, 0.717) is 31.1 Å². The van der Waals surface area contributed by atoms with Gasteiger partial charge in [-0.3, -0.25) is 4.79 Å². The molecule has 0 saturated carbocycles. The summed E-state index contributed by atoms with van der Waals surface area (Å²) >= 11 is 0. The number of carbonyl (C=O) groups is 1. The average molecular weight is 266 g/mol. The minimum atomic E-state index is -0.860. The predicted molar refractivity (Wildman–Crippen MR) is 73.6 cm³/mol. The van der Waals surface area contributed by atoms with Crippen LogP contribution in [0.5, 0.6) is 5.75 Å². The summed E-state index contributed by atoms with van der Waals surface area (Å²) in [5.74, 6) is 0.383. The van der Waals surface area contributed by atoms with Gasteiger partial charge in [0.2, 0.25) is 12.1 Å². The molecule has 1 aromatic carbocycles. The van der Waals surface area contributed by atoms with Gasteiger partial charge in [-0.05, 0) is 32.4 Å². The zero-order chi connectivity index (χ0) is 14.1. The summed E-state index contributed by atoms with van der Waals surface area (Å²) < 4.78 is 16.2. The van der Waals surface area contributed by atoms with E-state index in [4.69, 9.17) is 14.2 Å². The first kappa shape index (κ1) is 15.7. The maximum absolute atomic E-state index is 12.4. The molecule has 0 saturated heterocycles. The van der Waals surface area contributed by atoms with Crippen molar-refractivity contribution in [3.8, 4) is 5.75 Å². The third-order valence-corrected chi connectivity index (χ3v) is 2.46. The second-order valence-corrected chi connectivity index (χ2v) is 3.95. The fourth-order valence-electron chi connectivity index (χ4n) is 1.64. The molecule has 106 valence electrons. The summed E-state index contributed by atoms with van der Waals surface area (Å²) in [5.41, 5.74) is 0.503. The molecule has 4 nitrogen and oxygen atoms in total. The standard InChI is InChI=1S/C15H22O4/c1-4-11-19-13-10-8-7-9-12(13)14(16)15(17-5-2)18-6-3/h7-10,15H,4-6,11H2,1-3H3. The van der Waals surface area contributed by atoms with Gasteiger partial charge < -0.3 is 14.2 Å². The smallest absolute Gasteiger partial charge is 0.222 e. The van der Waals surface area contributed by atoms with Crippen LogP contribution in [0, 0.1) is 0 Å². The van der Waals surface area contributed by atoms with Gasteiger partial charge in [0, 0.05) is 13.2 Å². The van der Waals surface area contributed by atoms with Gasteiger partial charge in [0.1, 0.15) is 5.75 Å². The Bertz CT molecular complexity index is 383. The van der Waals surface area contributed by atoms with Crippen molar-refractivity contribution in [3.63, 3.8) is 0 Å². The Kier molecular flexibility index (Phi) is 7.15. The van der Waals surface area contributed by atoms with E-state index in [9.17, 15) is 4.79 Å². The Morgan fingerprint density at radius 1 is 1.11 bits per heavy atom. The van der Waals surface area contributed by atoms with Crippen LogP contribution in [0.3, 0.4) is 0 Å². The first-order valence-corrected chi connectivity index (χ1v) is 6.73. The number of carbonyl (C=O) groups excluding carboxylic acids is 1. The maximum atomic E-state index is 12.4. The van der Waals surface area contributed by atoms with Gasteiger partial charge in [-0.2, -0.15) is 0 Å². The lowest BCUT2D eigenvalue weighted by molar-refractivity contribution is -0.107. The van der Waals surface area contributed by atoms with E-state index in [1.807, 2.05) is 26.8 Å². The molecular formula is C15H22O4. The van der Waals surface area contributed by atoms with Gasteiger partial charge in [0.15, 0.2) is 0 Å². The fourth-order valence-corrected chi connectivity index (χ4v) is 1.64. The molecule has 0 atom stereocenters. The lowest BCUT2D eigenvalue weighted by Gasteiger charge is -2.17. The summed E-state index contributed by atoms with van der Waals surface area (Å²) in [6.07, 6.45) is 0.0319. The highest BCUT2D eigenvalue weighted by atomic mass is 16.7. The molecular weight excluding hydrogens is 244 g/mol. The molecule has 19 heavy (non-hydrogen) atoms. The van der Waals surface area contributed by atoms with Gasteiger partial charge in [0.05, 0.1) is 12.2 Å². The van der Waals surface area contributed by atoms with E-state index in [1.54, 1.807) is 18.2 Å². The third-order valence-electron chi connectivity index (χ3n) is 2.46. The van der Waals surface area contributed by atoms with Crippen LogP contribution >= 0.6 is 0 Å². The Hall–Kier alpha value is -1.39. The normalized spacial score (nSPS) is 10.7. The largest absolute Gasteiger partial charge is 0.493 e. The fraction of sp³-hybridized carbons (Fsp3) is 0.533. The van der Waals surface area contributed by atoms with Crippen LogP contribution in [0.15, 0.2) is 24.3 Å². The van der Waals surface area contributed by atoms with Crippen molar-refractivity contribution in [3.05, 3.63) is 29.8 Å². The summed E-state index contributed by atoms with van der Waals surface area (Å²) in [4.78, 5) is 12.4. The second kappa shape index (κ2) is 8.67. The predicted octanol–water partition coefficient (Wildman–Crippen LogP) is 3.06. The topological polar surface area (TPSA) is 44.8 Å². The number of para-hydroxylation sites is 1. The number of benzene rings is 1. The molecule has 0 aliphatic rings. The quantitative estimate of drug-likeness (QED) is 0.509. The molecule has 0 fully saturated rings. The van der Waals surface area contributed by atoms with Crippen molar-refractivity contribution in [1.29, 1.82) is 0 Å². The van der Waals surface area contributed by atoms with Crippen molar-refractivity contribution < 1.29 is 19.0 Å². The summed E-state index contributed by atoms with van der Waals surface area (Å²) in [6, 6.07) is 7.18. The highest BCUT2D eigenvalue weighted by molar-refractivity contribution is 6.01. The zero-order valence-electron chi connectivity index (χ0n) is 11.8. The lowest BCUT2D eigenvalue weighted by atomic mass is 10.1. The number of ether oxygens (including phenoxy) is 3. The number of Topliss-reactive ketones (excluding diaryl/α,β-unsaturated/α-hetero) is 1. The van der Waals surface area contributed by atoms with Crippen LogP contribution in [0.2, 0.25) is 0 Å². The Labute approximate surface area is 114 Å². The van der Waals surface area contributed by atoms with Crippen LogP contribution in [-0.2, 0) is 9.47 Å². The molecule has 0 heterocycles. The number of hydrogen-bond donors (Lipinski definition) is 0. The van der Waals surface area contributed by atoms with Crippen molar-refractivity contribution in [2.24, 2.45) is 0 Å². The Morgan fingerprint density at radius 3 is 2.32 bits per heavy atom. The van der Waals surface area contributed by atoms with E-state index in [-0.39, 0.29) is 5.78 Å². The number of ketones is 1. The molecule has 0 bridgehead atoms.